The first-order valence-electron chi connectivity index (χ1n) is 4.77. The average molecular weight is 186 g/mol. The van der Waals surface area contributed by atoms with Crippen LogP contribution in [0.1, 0.15) is 25.7 Å². The maximum atomic E-state index is 9.20. The van der Waals surface area contributed by atoms with Gasteiger partial charge in [-0.15, -0.1) is 0 Å². The molecule has 1 aliphatic rings. The molecule has 0 amide bonds. The van der Waals surface area contributed by atoms with E-state index in [1.165, 1.54) is 6.26 Å². The molecule has 1 aliphatic carbocycles. The monoisotopic (exact) mass is 186 g/mol. The fraction of sp³-hybridized carbons (Fsp3) is 0.800. The van der Waals surface area contributed by atoms with Crippen molar-refractivity contribution in [1.82, 2.24) is 0 Å². The number of rotatable bonds is 4. The molecule has 3 heteroatoms. The van der Waals surface area contributed by atoms with E-state index in [0.717, 1.165) is 25.7 Å². The molecule has 0 aromatic rings. The van der Waals surface area contributed by atoms with Crippen LogP contribution in [0.3, 0.4) is 0 Å². The van der Waals surface area contributed by atoms with Crippen LogP contribution in [0.5, 0.6) is 0 Å². The van der Waals surface area contributed by atoms with Gasteiger partial charge in [-0.2, -0.15) is 0 Å². The standard InChI is InChI=1S/C10H18O3/c1-2-13-10(8-12)5-3-9(7-11)4-6-10/h2,9,11-12H,1,3-8H2. The minimum Gasteiger partial charge on any atom is -0.493 e. The molecular weight excluding hydrogens is 168 g/mol. The lowest BCUT2D eigenvalue weighted by Gasteiger charge is -2.37. The Kier molecular flexibility index (Phi) is 3.75. The zero-order chi connectivity index (χ0) is 9.73. The highest BCUT2D eigenvalue weighted by Crippen LogP contribution is 2.34. The van der Waals surface area contributed by atoms with E-state index >= 15 is 0 Å². The van der Waals surface area contributed by atoms with Gasteiger partial charge in [-0.25, -0.2) is 0 Å². The van der Waals surface area contributed by atoms with E-state index in [4.69, 9.17) is 9.84 Å². The van der Waals surface area contributed by atoms with Crippen LogP contribution in [-0.2, 0) is 4.74 Å². The molecule has 13 heavy (non-hydrogen) atoms. The topological polar surface area (TPSA) is 49.7 Å². The molecule has 3 nitrogen and oxygen atoms in total. The Hall–Kier alpha value is -0.540. The quantitative estimate of drug-likeness (QED) is 0.645. The zero-order valence-corrected chi connectivity index (χ0v) is 7.91. The highest BCUT2D eigenvalue weighted by molar-refractivity contribution is 4.88. The summed E-state index contributed by atoms with van der Waals surface area (Å²) in [6, 6.07) is 0. The van der Waals surface area contributed by atoms with Crippen LogP contribution in [-0.4, -0.2) is 29.0 Å². The van der Waals surface area contributed by atoms with Crippen molar-refractivity contribution in [2.45, 2.75) is 31.3 Å². The molecule has 0 spiro atoms. The molecule has 1 rings (SSSR count). The molecule has 0 bridgehead atoms. The second kappa shape index (κ2) is 4.63. The smallest absolute Gasteiger partial charge is 0.131 e. The third-order valence-corrected chi connectivity index (χ3v) is 2.90. The molecule has 0 radical (unpaired) electrons. The minimum atomic E-state index is -0.423. The van der Waals surface area contributed by atoms with E-state index in [2.05, 4.69) is 6.58 Å². The molecule has 0 heterocycles. The van der Waals surface area contributed by atoms with E-state index in [1.54, 1.807) is 0 Å². The summed E-state index contributed by atoms with van der Waals surface area (Å²) in [7, 11) is 0. The van der Waals surface area contributed by atoms with Gasteiger partial charge in [0.2, 0.25) is 0 Å². The molecule has 2 N–H and O–H groups in total. The van der Waals surface area contributed by atoms with Crippen LogP contribution in [0.25, 0.3) is 0 Å². The predicted octanol–water partition coefficient (Wildman–Crippen LogP) is 1.06. The molecular formula is C10H18O3. The first-order valence-corrected chi connectivity index (χ1v) is 4.77. The molecule has 1 saturated carbocycles. The van der Waals surface area contributed by atoms with Gasteiger partial charge in [0.05, 0.1) is 12.9 Å². The van der Waals surface area contributed by atoms with Gasteiger partial charge in [-0.3, -0.25) is 0 Å². The lowest BCUT2D eigenvalue weighted by atomic mass is 9.79. The van der Waals surface area contributed by atoms with Crippen molar-refractivity contribution < 1.29 is 14.9 Å². The van der Waals surface area contributed by atoms with E-state index in [-0.39, 0.29) is 13.2 Å². The van der Waals surface area contributed by atoms with E-state index < -0.39 is 5.60 Å². The van der Waals surface area contributed by atoms with Crippen LogP contribution in [0, 0.1) is 5.92 Å². The molecule has 0 unspecified atom stereocenters. The Labute approximate surface area is 79.0 Å². The number of ether oxygens (including phenoxy) is 1. The molecule has 0 aromatic carbocycles. The summed E-state index contributed by atoms with van der Waals surface area (Å²) in [5.41, 5.74) is -0.423. The molecule has 0 atom stereocenters. The van der Waals surface area contributed by atoms with Crippen molar-refractivity contribution in [3.63, 3.8) is 0 Å². The van der Waals surface area contributed by atoms with Crippen molar-refractivity contribution >= 4 is 0 Å². The van der Waals surface area contributed by atoms with Gasteiger partial charge in [-0.05, 0) is 31.6 Å². The van der Waals surface area contributed by atoms with Crippen LogP contribution >= 0.6 is 0 Å². The fourth-order valence-electron chi connectivity index (χ4n) is 1.88. The van der Waals surface area contributed by atoms with E-state index in [0.29, 0.717) is 5.92 Å². The summed E-state index contributed by atoms with van der Waals surface area (Å²) in [6.07, 6.45) is 4.85. The van der Waals surface area contributed by atoms with Crippen molar-refractivity contribution in [2.24, 2.45) is 5.92 Å². The van der Waals surface area contributed by atoms with Gasteiger partial charge in [-0.1, -0.05) is 6.58 Å². The van der Waals surface area contributed by atoms with Crippen molar-refractivity contribution in [1.29, 1.82) is 0 Å². The normalized spacial score (nSPS) is 34.2. The number of aliphatic hydroxyl groups excluding tert-OH is 2. The lowest BCUT2D eigenvalue weighted by molar-refractivity contribution is -0.0653. The lowest BCUT2D eigenvalue weighted by Crippen LogP contribution is -2.40. The van der Waals surface area contributed by atoms with Crippen LogP contribution in [0.2, 0.25) is 0 Å². The predicted molar refractivity (Wildman–Crippen MR) is 50.1 cm³/mol. The van der Waals surface area contributed by atoms with Gasteiger partial charge in [0.15, 0.2) is 0 Å². The second-order valence-corrected chi connectivity index (χ2v) is 3.75. The second-order valence-electron chi connectivity index (χ2n) is 3.75. The first kappa shape index (κ1) is 10.5. The number of hydrogen-bond acceptors (Lipinski definition) is 3. The molecule has 76 valence electrons. The molecule has 0 aromatic heterocycles. The Balaban J connectivity index is 2.47. The van der Waals surface area contributed by atoms with Gasteiger partial charge < -0.3 is 14.9 Å². The Morgan fingerprint density at radius 2 is 2.00 bits per heavy atom. The Morgan fingerprint density at radius 3 is 2.38 bits per heavy atom. The van der Waals surface area contributed by atoms with Crippen LogP contribution in [0.15, 0.2) is 12.8 Å². The summed E-state index contributed by atoms with van der Waals surface area (Å²) in [5.74, 6) is 0.382. The maximum Gasteiger partial charge on any atom is 0.131 e. The summed E-state index contributed by atoms with van der Waals surface area (Å²) in [5, 5.41) is 18.1. The average Bonchev–Trinajstić information content (AvgIpc) is 2.19. The van der Waals surface area contributed by atoms with Crippen molar-refractivity contribution in [3.8, 4) is 0 Å². The SMILES string of the molecule is C=COC1(CO)CCC(CO)CC1. The summed E-state index contributed by atoms with van der Waals surface area (Å²) < 4.78 is 5.34. The van der Waals surface area contributed by atoms with Crippen molar-refractivity contribution in [2.75, 3.05) is 13.2 Å². The summed E-state index contributed by atoms with van der Waals surface area (Å²) in [6.45, 7) is 3.79. The van der Waals surface area contributed by atoms with E-state index in [9.17, 15) is 5.11 Å². The van der Waals surface area contributed by atoms with Crippen LogP contribution < -0.4 is 0 Å². The first-order chi connectivity index (χ1) is 6.26. The summed E-state index contributed by atoms with van der Waals surface area (Å²) in [4.78, 5) is 0. The molecule has 1 fully saturated rings. The third kappa shape index (κ3) is 2.45. The largest absolute Gasteiger partial charge is 0.493 e. The number of hydrogen-bond donors (Lipinski definition) is 2. The molecule has 0 aliphatic heterocycles. The van der Waals surface area contributed by atoms with Crippen LogP contribution in [0.4, 0.5) is 0 Å². The Bertz CT molecular complexity index is 160. The van der Waals surface area contributed by atoms with Gasteiger partial charge in [0.25, 0.3) is 0 Å². The molecule has 0 saturated heterocycles. The van der Waals surface area contributed by atoms with E-state index in [1.807, 2.05) is 0 Å². The highest BCUT2D eigenvalue weighted by atomic mass is 16.5. The minimum absolute atomic E-state index is 0.0389. The fourth-order valence-corrected chi connectivity index (χ4v) is 1.88. The van der Waals surface area contributed by atoms with Crippen molar-refractivity contribution in [3.05, 3.63) is 12.8 Å². The van der Waals surface area contributed by atoms with Gasteiger partial charge in [0, 0.05) is 6.61 Å². The van der Waals surface area contributed by atoms with Gasteiger partial charge >= 0.3 is 0 Å². The summed E-state index contributed by atoms with van der Waals surface area (Å²) >= 11 is 0. The number of aliphatic hydroxyl groups is 2. The maximum absolute atomic E-state index is 9.20. The van der Waals surface area contributed by atoms with Gasteiger partial charge in [0.1, 0.15) is 5.60 Å². The highest BCUT2D eigenvalue weighted by Gasteiger charge is 2.35. The zero-order valence-electron chi connectivity index (χ0n) is 7.91. The Morgan fingerprint density at radius 1 is 1.38 bits per heavy atom. The third-order valence-electron chi connectivity index (χ3n) is 2.90.